The lowest BCUT2D eigenvalue weighted by Gasteiger charge is -2.07. The first-order valence-electron chi connectivity index (χ1n) is 5.81. The first kappa shape index (κ1) is 15.5. The number of aromatic carboxylic acids is 1. The number of nitrogens with one attached hydrogen (secondary N) is 1. The SMILES string of the molecule is O=C(O)c1cc(S(=O)(=O)NCCc2nccs2)ccc1F. The Kier molecular flexibility index (Phi) is 4.66. The van der Waals surface area contributed by atoms with Crippen molar-refractivity contribution in [2.75, 3.05) is 6.54 Å². The highest BCUT2D eigenvalue weighted by Crippen LogP contribution is 2.15. The summed E-state index contributed by atoms with van der Waals surface area (Å²) in [5.74, 6) is -2.50. The maximum Gasteiger partial charge on any atom is 0.338 e. The predicted molar refractivity (Wildman–Crippen MR) is 74.4 cm³/mol. The molecule has 2 rings (SSSR count). The summed E-state index contributed by atoms with van der Waals surface area (Å²) in [5, 5.41) is 11.4. The van der Waals surface area contributed by atoms with Crippen molar-refractivity contribution in [3.63, 3.8) is 0 Å². The van der Waals surface area contributed by atoms with Crippen LogP contribution in [0.25, 0.3) is 0 Å². The molecule has 112 valence electrons. The first-order chi connectivity index (χ1) is 9.90. The summed E-state index contributed by atoms with van der Waals surface area (Å²) < 4.78 is 39.6. The van der Waals surface area contributed by atoms with Crippen LogP contribution in [0.5, 0.6) is 0 Å². The molecule has 0 amide bonds. The largest absolute Gasteiger partial charge is 0.478 e. The van der Waals surface area contributed by atoms with Crippen LogP contribution < -0.4 is 4.72 Å². The average Bonchev–Trinajstić information content (AvgIpc) is 2.91. The van der Waals surface area contributed by atoms with Crippen molar-refractivity contribution >= 4 is 27.3 Å². The van der Waals surface area contributed by atoms with E-state index >= 15 is 0 Å². The Labute approximate surface area is 124 Å². The topological polar surface area (TPSA) is 96.4 Å². The molecular weight excluding hydrogens is 319 g/mol. The van der Waals surface area contributed by atoms with E-state index in [1.54, 1.807) is 11.6 Å². The van der Waals surface area contributed by atoms with Gasteiger partial charge in [0.25, 0.3) is 0 Å². The van der Waals surface area contributed by atoms with Gasteiger partial charge in [0, 0.05) is 24.5 Å². The second-order valence-corrected chi connectivity index (χ2v) is 6.77. The smallest absolute Gasteiger partial charge is 0.338 e. The number of benzene rings is 1. The van der Waals surface area contributed by atoms with Crippen LogP contribution in [0, 0.1) is 5.82 Å². The molecule has 0 saturated heterocycles. The van der Waals surface area contributed by atoms with Gasteiger partial charge in [-0.1, -0.05) is 0 Å². The zero-order valence-electron chi connectivity index (χ0n) is 10.6. The molecule has 0 fully saturated rings. The molecule has 0 atom stereocenters. The van der Waals surface area contributed by atoms with Gasteiger partial charge in [0.1, 0.15) is 5.82 Å². The fraction of sp³-hybridized carbons (Fsp3) is 0.167. The molecule has 2 aromatic rings. The molecule has 21 heavy (non-hydrogen) atoms. The Morgan fingerprint density at radius 1 is 1.43 bits per heavy atom. The van der Waals surface area contributed by atoms with Crippen molar-refractivity contribution in [3.8, 4) is 0 Å². The van der Waals surface area contributed by atoms with Crippen molar-refractivity contribution in [1.29, 1.82) is 0 Å². The van der Waals surface area contributed by atoms with Gasteiger partial charge in [-0.3, -0.25) is 0 Å². The number of carbonyl (C=O) groups is 1. The van der Waals surface area contributed by atoms with Gasteiger partial charge in [0.15, 0.2) is 0 Å². The zero-order valence-corrected chi connectivity index (χ0v) is 12.2. The minimum Gasteiger partial charge on any atom is -0.478 e. The van der Waals surface area contributed by atoms with Crippen LogP contribution in [0.2, 0.25) is 0 Å². The van der Waals surface area contributed by atoms with Crippen LogP contribution in [-0.4, -0.2) is 31.0 Å². The molecule has 0 aliphatic heterocycles. The van der Waals surface area contributed by atoms with E-state index in [9.17, 15) is 17.6 Å². The third-order valence-electron chi connectivity index (χ3n) is 2.59. The van der Waals surface area contributed by atoms with E-state index in [0.717, 1.165) is 23.2 Å². The van der Waals surface area contributed by atoms with Gasteiger partial charge in [0.2, 0.25) is 10.0 Å². The predicted octanol–water partition coefficient (Wildman–Crippen LogP) is 1.50. The van der Waals surface area contributed by atoms with Crippen LogP contribution in [0.4, 0.5) is 4.39 Å². The van der Waals surface area contributed by atoms with E-state index in [0.29, 0.717) is 6.42 Å². The van der Waals surface area contributed by atoms with Crippen LogP contribution in [0.15, 0.2) is 34.7 Å². The van der Waals surface area contributed by atoms with E-state index < -0.39 is 27.4 Å². The molecule has 0 aliphatic rings. The Bertz CT molecular complexity index is 745. The third kappa shape index (κ3) is 3.84. The summed E-state index contributed by atoms with van der Waals surface area (Å²) in [6, 6.07) is 2.63. The molecule has 9 heteroatoms. The fourth-order valence-corrected chi connectivity index (χ4v) is 3.27. The standard InChI is InChI=1S/C12H11FN2O4S2/c13-10-2-1-8(7-9(10)12(16)17)21(18,19)15-4-3-11-14-5-6-20-11/h1-2,5-7,15H,3-4H2,(H,16,17). The number of carboxylic acid groups (broad SMARTS) is 1. The monoisotopic (exact) mass is 330 g/mol. The lowest BCUT2D eigenvalue weighted by atomic mass is 10.2. The molecule has 0 bridgehead atoms. The third-order valence-corrected chi connectivity index (χ3v) is 4.89. The number of hydrogen-bond acceptors (Lipinski definition) is 5. The highest BCUT2D eigenvalue weighted by Gasteiger charge is 2.18. The van der Waals surface area contributed by atoms with Crippen molar-refractivity contribution in [2.45, 2.75) is 11.3 Å². The number of carboxylic acids is 1. The van der Waals surface area contributed by atoms with E-state index in [1.165, 1.54) is 11.3 Å². The van der Waals surface area contributed by atoms with Crippen LogP contribution in [-0.2, 0) is 16.4 Å². The Balaban J connectivity index is 2.12. The maximum atomic E-state index is 13.2. The Hall–Kier alpha value is -1.84. The summed E-state index contributed by atoms with van der Waals surface area (Å²) in [4.78, 5) is 14.5. The Morgan fingerprint density at radius 2 is 2.19 bits per heavy atom. The van der Waals surface area contributed by atoms with Crippen LogP contribution in [0.1, 0.15) is 15.4 Å². The van der Waals surface area contributed by atoms with Gasteiger partial charge < -0.3 is 5.11 Å². The van der Waals surface area contributed by atoms with Crippen molar-refractivity contribution < 1.29 is 22.7 Å². The molecule has 1 aromatic carbocycles. The van der Waals surface area contributed by atoms with Crippen molar-refractivity contribution in [3.05, 3.63) is 46.2 Å². The van der Waals surface area contributed by atoms with Gasteiger partial charge in [-0.05, 0) is 18.2 Å². The molecule has 6 nitrogen and oxygen atoms in total. The number of sulfonamides is 1. The first-order valence-corrected chi connectivity index (χ1v) is 8.17. The molecule has 0 spiro atoms. The summed E-state index contributed by atoms with van der Waals surface area (Å²) >= 11 is 1.40. The maximum absolute atomic E-state index is 13.2. The molecule has 1 aromatic heterocycles. The quantitative estimate of drug-likeness (QED) is 0.837. The molecule has 0 unspecified atom stereocenters. The second-order valence-electron chi connectivity index (χ2n) is 4.02. The van der Waals surface area contributed by atoms with E-state index in [1.807, 2.05) is 0 Å². The Morgan fingerprint density at radius 3 is 2.81 bits per heavy atom. The minimum absolute atomic E-state index is 0.121. The van der Waals surface area contributed by atoms with E-state index in [-0.39, 0.29) is 11.4 Å². The molecule has 1 heterocycles. The van der Waals surface area contributed by atoms with Gasteiger partial charge in [-0.2, -0.15) is 0 Å². The lowest BCUT2D eigenvalue weighted by molar-refractivity contribution is 0.0691. The number of aromatic nitrogens is 1. The molecule has 2 N–H and O–H groups in total. The molecule has 0 radical (unpaired) electrons. The number of thiazole rings is 1. The van der Waals surface area contributed by atoms with Gasteiger partial charge in [0.05, 0.1) is 15.5 Å². The summed E-state index contributed by atoms with van der Waals surface area (Å²) in [6.45, 7) is 0.121. The normalized spacial score (nSPS) is 11.5. The van der Waals surface area contributed by atoms with Crippen LogP contribution in [0.3, 0.4) is 0 Å². The molecule has 0 saturated carbocycles. The van der Waals surface area contributed by atoms with Gasteiger partial charge in [-0.25, -0.2) is 27.3 Å². The number of halogens is 1. The van der Waals surface area contributed by atoms with Crippen molar-refractivity contribution in [2.24, 2.45) is 0 Å². The van der Waals surface area contributed by atoms with Gasteiger partial charge >= 0.3 is 5.97 Å². The molecule has 0 aliphatic carbocycles. The van der Waals surface area contributed by atoms with Gasteiger partial charge in [-0.15, -0.1) is 11.3 Å². The summed E-state index contributed by atoms with van der Waals surface area (Å²) in [7, 11) is -3.89. The minimum atomic E-state index is -3.89. The van der Waals surface area contributed by atoms with E-state index in [2.05, 4.69) is 9.71 Å². The summed E-state index contributed by atoms with van der Waals surface area (Å²) in [6.07, 6.45) is 2.04. The van der Waals surface area contributed by atoms with Crippen LogP contribution >= 0.6 is 11.3 Å². The van der Waals surface area contributed by atoms with E-state index in [4.69, 9.17) is 5.11 Å². The summed E-state index contributed by atoms with van der Waals surface area (Å²) in [5.41, 5.74) is -0.683. The van der Waals surface area contributed by atoms with Crippen molar-refractivity contribution in [1.82, 2.24) is 9.71 Å². The second kappa shape index (κ2) is 6.29. The fourth-order valence-electron chi connectivity index (χ4n) is 1.59. The lowest BCUT2D eigenvalue weighted by Crippen LogP contribution is -2.26. The average molecular weight is 330 g/mol. The number of rotatable bonds is 6. The highest BCUT2D eigenvalue weighted by atomic mass is 32.2. The highest BCUT2D eigenvalue weighted by molar-refractivity contribution is 7.89. The number of hydrogen-bond donors (Lipinski definition) is 2. The zero-order chi connectivity index (χ0) is 15.5. The molecular formula is C12H11FN2O4S2. The number of nitrogens with zero attached hydrogens (tertiary/aromatic N) is 1.